The third-order valence-electron chi connectivity index (χ3n) is 2.23. The fourth-order valence-corrected chi connectivity index (χ4v) is 1.37. The van der Waals surface area contributed by atoms with E-state index in [-0.39, 0.29) is 6.61 Å². The van der Waals surface area contributed by atoms with Gasteiger partial charge in [0.15, 0.2) is 0 Å². The number of benzene rings is 1. The second kappa shape index (κ2) is 5.32. The number of nitrogens with zero attached hydrogens (tertiary/aromatic N) is 1. The first-order valence-electron chi connectivity index (χ1n) is 5.20. The number of aliphatic hydroxyl groups excluding tert-OH is 1. The summed E-state index contributed by atoms with van der Waals surface area (Å²) in [4.78, 5) is 4.13. The van der Waals surface area contributed by atoms with Crippen molar-refractivity contribution in [3.8, 4) is 17.4 Å². The van der Waals surface area contributed by atoms with Gasteiger partial charge in [0.1, 0.15) is 11.5 Å². The van der Waals surface area contributed by atoms with E-state index in [0.717, 1.165) is 5.75 Å². The van der Waals surface area contributed by atoms with Crippen LogP contribution in [0.4, 0.5) is 0 Å². The number of ether oxygens (including phenoxy) is 2. The van der Waals surface area contributed by atoms with E-state index in [1.807, 2.05) is 12.1 Å². The van der Waals surface area contributed by atoms with Gasteiger partial charge in [-0.1, -0.05) is 6.07 Å². The first kappa shape index (κ1) is 11.4. The van der Waals surface area contributed by atoms with Crippen LogP contribution in [0.2, 0.25) is 0 Å². The summed E-state index contributed by atoms with van der Waals surface area (Å²) < 4.78 is 10.6. The Balaban J connectivity index is 2.13. The molecule has 0 radical (unpaired) electrons. The minimum Gasteiger partial charge on any atom is -0.497 e. The van der Waals surface area contributed by atoms with Gasteiger partial charge in [-0.05, 0) is 30.3 Å². The van der Waals surface area contributed by atoms with Crippen molar-refractivity contribution in [1.82, 2.24) is 4.98 Å². The van der Waals surface area contributed by atoms with Crippen LogP contribution in [-0.4, -0.2) is 17.2 Å². The van der Waals surface area contributed by atoms with E-state index in [4.69, 9.17) is 14.6 Å². The summed E-state index contributed by atoms with van der Waals surface area (Å²) in [5, 5.41) is 8.96. The summed E-state index contributed by atoms with van der Waals surface area (Å²) >= 11 is 0. The van der Waals surface area contributed by atoms with E-state index in [1.54, 1.807) is 37.4 Å². The molecule has 4 heteroatoms. The van der Waals surface area contributed by atoms with Crippen LogP contribution >= 0.6 is 0 Å². The summed E-state index contributed by atoms with van der Waals surface area (Å²) in [5.41, 5.74) is 0.580. The lowest BCUT2D eigenvalue weighted by atomic mass is 10.3. The zero-order valence-corrected chi connectivity index (χ0v) is 9.46. The smallest absolute Gasteiger partial charge is 0.219 e. The lowest BCUT2D eigenvalue weighted by Gasteiger charge is -2.06. The van der Waals surface area contributed by atoms with Crippen LogP contribution in [0.15, 0.2) is 42.5 Å². The molecule has 2 aromatic rings. The number of methoxy groups -OCH3 is 1. The first-order valence-corrected chi connectivity index (χ1v) is 5.20. The molecule has 0 aliphatic rings. The van der Waals surface area contributed by atoms with Crippen molar-refractivity contribution in [1.29, 1.82) is 0 Å². The Morgan fingerprint density at radius 2 is 1.76 bits per heavy atom. The van der Waals surface area contributed by atoms with E-state index in [1.165, 1.54) is 0 Å². The van der Waals surface area contributed by atoms with Gasteiger partial charge in [0.25, 0.3) is 0 Å². The van der Waals surface area contributed by atoms with Gasteiger partial charge >= 0.3 is 0 Å². The average Bonchev–Trinajstić information content (AvgIpc) is 2.40. The highest BCUT2D eigenvalue weighted by molar-refractivity contribution is 5.33. The molecule has 0 aliphatic heterocycles. The van der Waals surface area contributed by atoms with E-state index < -0.39 is 0 Å². The summed E-state index contributed by atoms with van der Waals surface area (Å²) in [6.45, 7) is -0.0974. The lowest BCUT2D eigenvalue weighted by Crippen LogP contribution is -1.92. The molecule has 4 nitrogen and oxygen atoms in total. The summed E-state index contributed by atoms with van der Waals surface area (Å²) in [7, 11) is 1.61. The van der Waals surface area contributed by atoms with Crippen molar-refractivity contribution in [2.45, 2.75) is 6.61 Å². The lowest BCUT2D eigenvalue weighted by molar-refractivity contribution is 0.275. The van der Waals surface area contributed by atoms with Gasteiger partial charge in [-0.2, -0.15) is 0 Å². The van der Waals surface area contributed by atoms with Crippen LogP contribution in [0.5, 0.6) is 17.4 Å². The molecule has 17 heavy (non-hydrogen) atoms. The second-order valence-electron chi connectivity index (χ2n) is 3.40. The third kappa shape index (κ3) is 2.95. The zero-order chi connectivity index (χ0) is 12.1. The maximum absolute atomic E-state index is 8.96. The van der Waals surface area contributed by atoms with E-state index in [9.17, 15) is 0 Å². The Bertz CT molecular complexity index is 482. The summed E-state index contributed by atoms with van der Waals surface area (Å²) in [6.07, 6.45) is 0. The average molecular weight is 231 g/mol. The predicted octanol–water partition coefficient (Wildman–Crippen LogP) is 2.37. The Morgan fingerprint density at radius 1 is 1.06 bits per heavy atom. The maximum atomic E-state index is 8.96. The SMILES string of the molecule is COc1ccc(Oc2cccc(CO)n2)cc1. The zero-order valence-electron chi connectivity index (χ0n) is 9.46. The van der Waals surface area contributed by atoms with Crippen LogP contribution < -0.4 is 9.47 Å². The fraction of sp³-hybridized carbons (Fsp3) is 0.154. The highest BCUT2D eigenvalue weighted by Gasteiger charge is 2.00. The molecular formula is C13H13NO3. The molecule has 0 saturated carbocycles. The van der Waals surface area contributed by atoms with Gasteiger partial charge < -0.3 is 14.6 Å². The highest BCUT2D eigenvalue weighted by Crippen LogP contribution is 2.22. The molecule has 0 atom stereocenters. The largest absolute Gasteiger partial charge is 0.497 e. The molecule has 1 heterocycles. The Kier molecular flexibility index (Phi) is 3.57. The molecule has 0 spiro atoms. The van der Waals surface area contributed by atoms with Gasteiger partial charge in [0.2, 0.25) is 5.88 Å². The standard InChI is InChI=1S/C13H13NO3/c1-16-11-5-7-12(8-6-11)17-13-4-2-3-10(9-15)14-13/h2-8,15H,9H2,1H3. The van der Waals surface area contributed by atoms with Crippen molar-refractivity contribution < 1.29 is 14.6 Å². The first-order chi connectivity index (χ1) is 8.31. The highest BCUT2D eigenvalue weighted by atomic mass is 16.5. The van der Waals surface area contributed by atoms with E-state index >= 15 is 0 Å². The van der Waals surface area contributed by atoms with Gasteiger partial charge in [0, 0.05) is 6.07 Å². The number of hydrogen-bond donors (Lipinski definition) is 1. The van der Waals surface area contributed by atoms with E-state index in [2.05, 4.69) is 4.98 Å². The normalized spacial score (nSPS) is 10.0. The molecule has 0 fully saturated rings. The molecular weight excluding hydrogens is 218 g/mol. The molecule has 2 rings (SSSR count). The molecule has 0 saturated heterocycles. The summed E-state index contributed by atoms with van der Waals surface area (Å²) in [5.74, 6) is 1.91. The molecule has 1 N–H and O–H groups in total. The van der Waals surface area contributed by atoms with E-state index in [0.29, 0.717) is 17.3 Å². The van der Waals surface area contributed by atoms with Crippen molar-refractivity contribution in [2.75, 3.05) is 7.11 Å². The number of rotatable bonds is 4. The number of pyridine rings is 1. The topological polar surface area (TPSA) is 51.6 Å². The summed E-state index contributed by atoms with van der Waals surface area (Å²) in [6, 6.07) is 12.5. The number of aromatic nitrogens is 1. The van der Waals surface area contributed by atoms with Crippen molar-refractivity contribution >= 4 is 0 Å². The monoisotopic (exact) mass is 231 g/mol. The van der Waals surface area contributed by atoms with Crippen LogP contribution in [0.25, 0.3) is 0 Å². The van der Waals surface area contributed by atoms with Crippen molar-refractivity contribution in [3.63, 3.8) is 0 Å². The van der Waals surface area contributed by atoms with Crippen LogP contribution in [0.3, 0.4) is 0 Å². The molecule has 0 aliphatic carbocycles. The minimum atomic E-state index is -0.0974. The van der Waals surface area contributed by atoms with Crippen molar-refractivity contribution in [3.05, 3.63) is 48.2 Å². The van der Waals surface area contributed by atoms with Gasteiger partial charge in [-0.3, -0.25) is 0 Å². The second-order valence-corrected chi connectivity index (χ2v) is 3.40. The molecule has 0 bridgehead atoms. The Labute approximate surface area is 99.5 Å². The minimum absolute atomic E-state index is 0.0974. The maximum Gasteiger partial charge on any atom is 0.219 e. The van der Waals surface area contributed by atoms with Crippen LogP contribution in [0, 0.1) is 0 Å². The number of aliphatic hydroxyl groups is 1. The van der Waals surface area contributed by atoms with Crippen LogP contribution in [0.1, 0.15) is 5.69 Å². The predicted molar refractivity (Wildman–Crippen MR) is 63.2 cm³/mol. The van der Waals surface area contributed by atoms with Gasteiger partial charge in [0.05, 0.1) is 19.4 Å². The van der Waals surface area contributed by atoms with Gasteiger partial charge in [-0.15, -0.1) is 0 Å². The molecule has 0 unspecified atom stereocenters. The molecule has 0 amide bonds. The molecule has 1 aromatic carbocycles. The quantitative estimate of drug-likeness (QED) is 0.877. The fourth-order valence-electron chi connectivity index (χ4n) is 1.37. The van der Waals surface area contributed by atoms with Crippen molar-refractivity contribution in [2.24, 2.45) is 0 Å². The Morgan fingerprint density at radius 3 is 2.41 bits per heavy atom. The van der Waals surface area contributed by atoms with Crippen LogP contribution in [-0.2, 0) is 6.61 Å². The third-order valence-corrected chi connectivity index (χ3v) is 2.23. The van der Waals surface area contributed by atoms with Gasteiger partial charge in [-0.25, -0.2) is 4.98 Å². The Hall–Kier alpha value is -2.07. The number of hydrogen-bond acceptors (Lipinski definition) is 4. The molecule has 88 valence electrons. The molecule has 1 aromatic heterocycles.